The van der Waals surface area contributed by atoms with Crippen molar-refractivity contribution >= 4 is 28.6 Å². The number of benzene rings is 2. The Kier molecular flexibility index (Phi) is 8.29. The maximum absolute atomic E-state index is 14.5. The van der Waals surface area contributed by atoms with Crippen molar-refractivity contribution in [3.8, 4) is 22.8 Å². The second-order valence-corrected chi connectivity index (χ2v) is 10.6. The molecule has 1 saturated carbocycles. The van der Waals surface area contributed by atoms with Gasteiger partial charge in [-0.05, 0) is 96.1 Å². The van der Waals surface area contributed by atoms with Crippen LogP contribution in [0.1, 0.15) is 56.9 Å². The molecule has 0 radical (unpaired) electrons. The number of nitrogens with zero attached hydrogens (tertiary/aromatic N) is 1. The van der Waals surface area contributed by atoms with Crippen molar-refractivity contribution in [3.05, 3.63) is 74.7 Å². The maximum Gasteiger partial charge on any atom is 0.433 e. The van der Waals surface area contributed by atoms with Crippen LogP contribution < -0.4 is 9.47 Å². The molecule has 0 N–H and O–H groups in total. The monoisotopic (exact) mass is 659 g/mol. The lowest BCUT2D eigenvalue weighted by Crippen LogP contribution is -2.22. The first-order chi connectivity index (χ1) is 19.0. The molecule has 1 aromatic heterocycles. The number of pyridine rings is 1. The SMILES string of the molecule is [3H]C[C@H](Oc1cc(C(C2CC2)[C@H](C)C(=O)OC)ccc1I)c1ccc(-c2cc(OC)ccc2F)nc1C(F)(F)F. The van der Waals surface area contributed by atoms with Gasteiger partial charge in [-0.1, -0.05) is 19.1 Å². The lowest BCUT2D eigenvalue weighted by molar-refractivity contribution is -0.146. The second-order valence-electron chi connectivity index (χ2n) is 9.45. The number of aromatic nitrogens is 1. The number of carbonyl (C=O) groups is 1. The second kappa shape index (κ2) is 11.7. The quantitative estimate of drug-likeness (QED) is 0.133. The van der Waals surface area contributed by atoms with Crippen LogP contribution in [0.3, 0.4) is 0 Å². The van der Waals surface area contributed by atoms with E-state index < -0.39 is 36.6 Å². The number of hydrogen-bond donors (Lipinski definition) is 0. The smallest absolute Gasteiger partial charge is 0.433 e. The van der Waals surface area contributed by atoms with E-state index >= 15 is 0 Å². The molecule has 1 unspecified atom stereocenters. The van der Waals surface area contributed by atoms with E-state index in [0.29, 0.717) is 15.2 Å². The summed E-state index contributed by atoms with van der Waals surface area (Å²) in [6.45, 7) is 1.27. The van der Waals surface area contributed by atoms with Crippen LogP contribution in [0, 0.1) is 21.2 Å². The summed E-state index contributed by atoms with van der Waals surface area (Å²) in [6.07, 6.45) is -4.27. The summed E-state index contributed by atoms with van der Waals surface area (Å²) < 4.78 is 81.9. The summed E-state index contributed by atoms with van der Waals surface area (Å²) in [5.74, 6) is -0.776. The van der Waals surface area contributed by atoms with Gasteiger partial charge in [-0.25, -0.2) is 9.37 Å². The first kappa shape index (κ1) is 27.7. The summed E-state index contributed by atoms with van der Waals surface area (Å²) in [5.41, 5.74) is -1.15. The highest BCUT2D eigenvalue weighted by Gasteiger charge is 2.40. The number of carbonyl (C=O) groups excluding carboxylic acids is 1. The summed E-state index contributed by atoms with van der Waals surface area (Å²) in [5, 5.41) is 0. The van der Waals surface area contributed by atoms with E-state index in [1.165, 1.54) is 38.5 Å². The number of hydrogen-bond acceptors (Lipinski definition) is 5. The molecule has 3 aromatic rings. The minimum atomic E-state index is -4.89. The fraction of sp³-hybridized carbons (Fsp3) is 0.379. The van der Waals surface area contributed by atoms with Gasteiger partial charge >= 0.3 is 12.1 Å². The molecule has 0 spiro atoms. The highest BCUT2D eigenvalue weighted by Crippen LogP contribution is 2.48. The molecule has 3 atom stereocenters. The Morgan fingerprint density at radius 1 is 1.13 bits per heavy atom. The first-order valence-corrected chi connectivity index (χ1v) is 13.3. The largest absolute Gasteiger partial charge is 0.497 e. The molecule has 2 aromatic carbocycles. The fourth-order valence-electron chi connectivity index (χ4n) is 4.73. The van der Waals surface area contributed by atoms with Crippen molar-refractivity contribution in [1.29, 1.82) is 0 Å². The van der Waals surface area contributed by atoms with Crippen LogP contribution in [-0.2, 0) is 15.7 Å². The number of alkyl halides is 3. The van der Waals surface area contributed by atoms with Crippen LogP contribution in [-0.4, -0.2) is 25.2 Å². The van der Waals surface area contributed by atoms with Gasteiger partial charge in [-0.2, -0.15) is 13.2 Å². The number of rotatable bonds is 9. The molecule has 0 aliphatic heterocycles. The molecule has 208 valence electrons. The van der Waals surface area contributed by atoms with Crippen molar-refractivity contribution < 1.29 is 37.9 Å². The van der Waals surface area contributed by atoms with Crippen molar-refractivity contribution in [2.24, 2.45) is 11.8 Å². The van der Waals surface area contributed by atoms with E-state index in [4.69, 9.17) is 15.6 Å². The molecular formula is C29H28F4INO4. The van der Waals surface area contributed by atoms with E-state index in [9.17, 15) is 22.4 Å². The first-order valence-electron chi connectivity index (χ1n) is 12.9. The minimum Gasteiger partial charge on any atom is -0.497 e. The lowest BCUT2D eigenvalue weighted by Gasteiger charge is -2.25. The molecule has 39 heavy (non-hydrogen) atoms. The Labute approximate surface area is 239 Å². The highest BCUT2D eigenvalue weighted by molar-refractivity contribution is 14.1. The molecule has 4 rings (SSSR count). The average molecular weight is 659 g/mol. The molecular weight excluding hydrogens is 629 g/mol. The van der Waals surface area contributed by atoms with Crippen LogP contribution in [0.5, 0.6) is 11.5 Å². The molecule has 0 bridgehead atoms. The lowest BCUT2D eigenvalue weighted by atomic mass is 9.83. The number of ether oxygens (including phenoxy) is 3. The molecule has 0 saturated heterocycles. The van der Waals surface area contributed by atoms with Crippen LogP contribution >= 0.6 is 22.6 Å². The van der Waals surface area contributed by atoms with Gasteiger partial charge < -0.3 is 14.2 Å². The zero-order chi connectivity index (χ0) is 29.2. The van der Waals surface area contributed by atoms with E-state index in [-0.39, 0.29) is 34.5 Å². The predicted octanol–water partition coefficient (Wildman–Crippen LogP) is 7.96. The van der Waals surface area contributed by atoms with Crippen LogP contribution in [0.4, 0.5) is 17.6 Å². The number of esters is 1. The Hall–Kier alpha value is -2.89. The van der Waals surface area contributed by atoms with Crippen LogP contribution in [0.15, 0.2) is 48.5 Å². The van der Waals surface area contributed by atoms with E-state index in [1.54, 1.807) is 19.1 Å². The number of halogens is 5. The third-order valence-corrected chi connectivity index (χ3v) is 7.73. The summed E-state index contributed by atoms with van der Waals surface area (Å²) in [6, 6.07) is 11.6. The number of methoxy groups -OCH3 is 2. The molecule has 10 heteroatoms. The zero-order valence-corrected chi connectivity index (χ0v) is 23.7. The summed E-state index contributed by atoms with van der Waals surface area (Å²) >= 11 is 2.02. The molecule has 5 nitrogen and oxygen atoms in total. The summed E-state index contributed by atoms with van der Waals surface area (Å²) in [7, 11) is 2.70. The Bertz CT molecular complexity index is 1380. The standard InChI is InChI=1S/C29H28F4INO4/c1-15(28(36)38-4)26(17-5-6-17)18-7-11-23(34)25(13-18)39-16(2)20-9-12-24(35-27(20)29(31,32)33)21-14-19(37-3)8-10-22(21)30/h7-17,26H,5-6H2,1-4H3/t15-,16-,26?/m0/s1/i2T. The summed E-state index contributed by atoms with van der Waals surface area (Å²) in [4.78, 5) is 16.1. The zero-order valence-electron chi connectivity index (χ0n) is 22.5. The normalized spacial score (nSPS) is 16.2. The van der Waals surface area contributed by atoms with Gasteiger partial charge in [-0.3, -0.25) is 4.79 Å². The fourth-order valence-corrected chi connectivity index (χ4v) is 5.19. The molecule has 1 heterocycles. The van der Waals surface area contributed by atoms with Gasteiger partial charge in [0.25, 0.3) is 0 Å². The Morgan fingerprint density at radius 2 is 1.87 bits per heavy atom. The van der Waals surface area contributed by atoms with Crippen molar-refractivity contribution in [1.82, 2.24) is 4.98 Å². The van der Waals surface area contributed by atoms with Gasteiger partial charge in [0.1, 0.15) is 23.4 Å². The molecule has 1 fully saturated rings. The third-order valence-electron chi connectivity index (χ3n) is 6.84. The van der Waals surface area contributed by atoms with Crippen LogP contribution in [0.25, 0.3) is 11.3 Å². The van der Waals surface area contributed by atoms with Gasteiger partial charge in [0.2, 0.25) is 0 Å². The predicted molar refractivity (Wildman–Crippen MR) is 146 cm³/mol. The van der Waals surface area contributed by atoms with Crippen molar-refractivity contribution in [2.45, 2.75) is 44.9 Å². The molecule has 0 amide bonds. The minimum absolute atomic E-state index is 0.134. The Morgan fingerprint density at radius 3 is 2.49 bits per heavy atom. The van der Waals surface area contributed by atoms with E-state index in [0.717, 1.165) is 24.5 Å². The van der Waals surface area contributed by atoms with E-state index in [1.807, 2.05) is 28.7 Å². The van der Waals surface area contributed by atoms with Crippen LogP contribution in [0.2, 0.25) is 0 Å². The van der Waals surface area contributed by atoms with Gasteiger partial charge in [0.15, 0.2) is 5.69 Å². The topological polar surface area (TPSA) is 57.7 Å². The van der Waals surface area contributed by atoms with Crippen molar-refractivity contribution in [2.75, 3.05) is 14.2 Å². The van der Waals surface area contributed by atoms with Crippen molar-refractivity contribution in [3.63, 3.8) is 0 Å². The maximum atomic E-state index is 14.5. The van der Waals surface area contributed by atoms with E-state index in [2.05, 4.69) is 4.98 Å². The highest BCUT2D eigenvalue weighted by atomic mass is 127. The average Bonchev–Trinajstić information content (AvgIpc) is 3.77. The molecule has 1 aliphatic carbocycles. The molecule has 1 aliphatic rings. The van der Waals surface area contributed by atoms with Gasteiger partial charge in [0, 0.05) is 12.5 Å². The van der Waals surface area contributed by atoms with Gasteiger partial charge in [-0.15, -0.1) is 0 Å². The third kappa shape index (κ3) is 6.47. The Balaban J connectivity index is 1.72. The van der Waals surface area contributed by atoms with Gasteiger partial charge in [0.05, 0.1) is 29.4 Å².